The number of rotatable bonds is 3. The molecule has 5 nitrogen and oxygen atoms in total. The van der Waals surface area contributed by atoms with Crippen molar-refractivity contribution >= 4 is 25.2 Å². The molecule has 0 fully saturated rings. The zero-order valence-corrected chi connectivity index (χ0v) is 15.3. The monoisotopic (exact) mass is 341 g/mol. The van der Waals surface area contributed by atoms with Crippen molar-refractivity contribution in [3.63, 3.8) is 0 Å². The molecule has 2 radical (unpaired) electrons. The van der Waals surface area contributed by atoms with Gasteiger partial charge in [-0.1, -0.05) is 39.8 Å². The highest BCUT2D eigenvalue weighted by Gasteiger charge is 2.06. The van der Waals surface area contributed by atoms with Gasteiger partial charge in [0.1, 0.15) is 5.82 Å². The third kappa shape index (κ3) is 5.41. The van der Waals surface area contributed by atoms with Gasteiger partial charge in [-0.3, -0.25) is 4.98 Å². The normalized spacial score (nSPS) is 9.36. The number of halogens is 1. The zero-order chi connectivity index (χ0) is 18.8. The van der Waals surface area contributed by atoms with E-state index >= 15 is 0 Å². The summed E-state index contributed by atoms with van der Waals surface area (Å²) >= 11 is 0. The van der Waals surface area contributed by atoms with Crippen LogP contribution in [0.3, 0.4) is 0 Å². The number of aryl methyl sites for hydroxylation is 1. The van der Waals surface area contributed by atoms with E-state index in [2.05, 4.69) is 20.4 Å². The number of benzene rings is 1. The second-order valence-electron chi connectivity index (χ2n) is 4.48. The summed E-state index contributed by atoms with van der Waals surface area (Å²) in [7, 11) is 7.26. The van der Waals surface area contributed by atoms with Crippen LogP contribution in [-0.2, 0) is 7.05 Å². The molecular weight excluding hydrogens is 316 g/mol. The lowest BCUT2D eigenvalue weighted by Gasteiger charge is -2.07. The molecule has 1 N–H and O–H groups in total. The van der Waals surface area contributed by atoms with E-state index in [1.165, 1.54) is 6.20 Å². The quantitative estimate of drug-likeness (QED) is 0.735. The number of aromatic nitrogens is 4. The van der Waals surface area contributed by atoms with E-state index in [0.29, 0.717) is 11.5 Å². The molecule has 0 aliphatic heterocycles. The maximum absolute atomic E-state index is 13.7. The molecule has 132 valence electrons. The Balaban J connectivity index is 0.00000117. The highest BCUT2D eigenvalue weighted by Crippen LogP contribution is 2.24. The molecule has 0 unspecified atom stereocenters. The molecule has 0 saturated heterocycles. The van der Waals surface area contributed by atoms with Crippen LogP contribution in [0.2, 0.25) is 0 Å². The van der Waals surface area contributed by atoms with Gasteiger partial charge >= 0.3 is 0 Å². The molecule has 3 rings (SSSR count). The van der Waals surface area contributed by atoms with Gasteiger partial charge in [0, 0.05) is 25.9 Å². The average Bonchev–Trinajstić information content (AvgIpc) is 2.97. The minimum Gasteiger partial charge on any atom is -0.324 e. The van der Waals surface area contributed by atoms with Crippen molar-refractivity contribution in [2.75, 3.05) is 5.32 Å². The molecule has 2 aromatic heterocycles. The van der Waals surface area contributed by atoms with Crippen LogP contribution in [0.15, 0.2) is 42.7 Å². The first-order chi connectivity index (χ1) is 12.1. The molecule has 3 aromatic rings. The standard InChI is InChI=1S/C14H11BFN5.2C2H6.H2/c1-21-14(19-13(15)20-21)18-10-4-2-9(3-5-10)11-6-7-17-8-12(11)16;2*1-2;/h2-8H,1H3,(H,18,19,20);2*1-2H3;1H. The summed E-state index contributed by atoms with van der Waals surface area (Å²) in [6.45, 7) is 8.00. The molecule has 0 saturated carbocycles. The summed E-state index contributed by atoms with van der Waals surface area (Å²) in [5.74, 6) is 0.189. The Bertz CT molecular complexity index is 778. The number of pyridine rings is 1. The lowest BCUT2D eigenvalue weighted by molar-refractivity contribution is 0.625. The highest BCUT2D eigenvalue weighted by atomic mass is 19.1. The summed E-state index contributed by atoms with van der Waals surface area (Å²) in [5.41, 5.74) is 2.30. The number of hydrogen-bond donors (Lipinski definition) is 1. The Morgan fingerprint density at radius 2 is 1.72 bits per heavy atom. The fourth-order valence-corrected chi connectivity index (χ4v) is 1.98. The lowest BCUT2D eigenvalue weighted by atomic mass is 10.1. The van der Waals surface area contributed by atoms with E-state index in [1.54, 1.807) is 24.0 Å². The van der Waals surface area contributed by atoms with Gasteiger partial charge in [-0.15, -0.1) is 0 Å². The largest absolute Gasteiger partial charge is 0.324 e. The van der Waals surface area contributed by atoms with Crippen LogP contribution in [0.25, 0.3) is 11.1 Å². The van der Waals surface area contributed by atoms with Crippen molar-refractivity contribution in [3.8, 4) is 11.1 Å². The summed E-state index contributed by atoms with van der Waals surface area (Å²) in [6.07, 6.45) is 2.76. The third-order valence-corrected chi connectivity index (χ3v) is 3.00. The van der Waals surface area contributed by atoms with Gasteiger partial charge in [-0.25, -0.2) is 14.1 Å². The van der Waals surface area contributed by atoms with Gasteiger partial charge in [0.25, 0.3) is 0 Å². The Morgan fingerprint density at radius 3 is 2.24 bits per heavy atom. The van der Waals surface area contributed by atoms with E-state index in [9.17, 15) is 4.39 Å². The fourth-order valence-electron chi connectivity index (χ4n) is 1.98. The first kappa shape index (κ1) is 20.3. The van der Waals surface area contributed by atoms with Gasteiger partial charge in [0.05, 0.1) is 11.9 Å². The molecule has 0 spiro atoms. The van der Waals surface area contributed by atoms with Crippen molar-refractivity contribution in [1.82, 2.24) is 19.7 Å². The highest BCUT2D eigenvalue weighted by molar-refractivity contribution is 6.29. The summed E-state index contributed by atoms with van der Waals surface area (Å²) in [6, 6.07) is 8.95. The predicted octanol–water partition coefficient (Wildman–Crippen LogP) is 3.85. The minimum absolute atomic E-state index is 0. The van der Waals surface area contributed by atoms with Crippen molar-refractivity contribution < 1.29 is 5.82 Å². The van der Waals surface area contributed by atoms with Crippen molar-refractivity contribution in [3.05, 3.63) is 48.5 Å². The van der Waals surface area contributed by atoms with Crippen LogP contribution in [-0.4, -0.2) is 27.6 Å². The van der Waals surface area contributed by atoms with Crippen LogP contribution in [0.4, 0.5) is 16.0 Å². The molecule has 0 bridgehead atoms. The summed E-state index contributed by atoms with van der Waals surface area (Å²) < 4.78 is 15.2. The van der Waals surface area contributed by atoms with Gasteiger partial charge in [-0.05, 0) is 23.8 Å². The van der Waals surface area contributed by atoms with Crippen LogP contribution in [0, 0.1) is 5.82 Å². The van der Waals surface area contributed by atoms with E-state index in [1.807, 2.05) is 52.0 Å². The number of nitrogens with zero attached hydrogens (tertiary/aromatic N) is 4. The van der Waals surface area contributed by atoms with Crippen LogP contribution in [0.1, 0.15) is 29.1 Å². The van der Waals surface area contributed by atoms with Gasteiger partial charge in [-0.2, -0.15) is 5.10 Å². The van der Waals surface area contributed by atoms with Crippen LogP contribution >= 0.6 is 0 Å². The molecule has 0 aliphatic rings. The molecule has 0 atom stereocenters. The fraction of sp³-hybridized carbons (Fsp3) is 0.278. The minimum atomic E-state index is -0.348. The van der Waals surface area contributed by atoms with Gasteiger partial charge < -0.3 is 5.32 Å². The van der Waals surface area contributed by atoms with E-state index < -0.39 is 0 Å². The Labute approximate surface area is 151 Å². The smallest absolute Gasteiger partial charge is 0.224 e. The van der Waals surface area contributed by atoms with E-state index in [4.69, 9.17) is 7.85 Å². The first-order valence-corrected chi connectivity index (χ1v) is 8.27. The summed E-state index contributed by atoms with van der Waals surface area (Å²) in [5, 5.41) is 7.04. The second kappa shape index (κ2) is 10.2. The number of hydrogen-bond acceptors (Lipinski definition) is 4. The number of nitrogens with one attached hydrogen (secondary N) is 1. The molecule has 2 heterocycles. The molecule has 0 amide bonds. The molecular formula is C18H25BFN5. The molecule has 25 heavy (non-hydrogen) atoms. The van der Waals surface area contributed by atoms with Gasteiger partial charge in [0.15, 0.2) is 7.85 Å². The second-order valence-corrected chi connectivity index (χ2v) is 4.48. The topological polar surface area (TPSA) is 55.6 Å². The first-order valence-electron chi connectivity index (χ1n) is 8.27. The number of anilines is 2. The lowest BCUT2D eigenvalue weighted by Crippen LogP contribution is -2.07. The average molecular weight is 341 g/mol. The van der Waals surface area contributed by atoms with E-state index in [-0.39, 0.29) is 13.0 Å². The van der Waals surface area contributed by atoms with Crippen molar-refractivity contribution in [2.45, 2.75) is 27.7 Å². The summed E-state index contributed by atoms with van der Waals surface area (Å²) in [4.78, 5) is 7.79. The van der Waals surface area contributed by atoms with E-state index in [0.717, 1.165) is 11.3 Å². The van der Waals surface area contributed by atoms with Crippen molar-refractivity contribution in [1.29, 1.82) is 0 Å². The Hall–Kier alpha value is -2.70. The zero-order valence-electron chi connectivity index (χ0n) is 15.3. The SMILES string of the molecule is CC.CC.[B]c1nc(Nc2ccc(-c3ccncc3F)cc2)n(C)n1.[HH]. The van der Waals surface area contributed by atoms with Crippen LogP contribution < -0.4 is 11.0 Å². The maximum atomic E-state index is 13.7. The molecule has 7 heteroatoms. The Morgan fingerprint density at radius 1 is 1.08 bits per heavy atom. The van der Waals surface area contributed by atoms with Gasteiger partial charge in [0.2, 0.25) is 5.95 Å². The third-order valence-electron chi connectivity index (χ3n) is 3.00. The molecule has 1 aromatic carbocycles. The van der Waals surface area contributed by atoms with Crippen LogP contribution in [0.5, 0.6) is 0 Å². The molecule has 0 aliphatic carbocycles. The maximum Gasteiger partial charge on any atom is 0.224 e. The predicted molar refractivity (Wildman–Crippen MR) is 104 cm³/mol. The van der Waals surface area contributed by atoms with Crippen molar-refractivity contribution in [2.24, 2.45) is 7.05 Å². The Kier molecular flexibility index (Phi) is 8.33.